The molecule has 0 fully saturated rings. The second-order valence-electron chi connectivity index (χ2n) is 13.1. The molecule has 0 aliphatic heterocycles. The van der Waals surface area contributed by atoms with Gasteiger partial charge in [-0.15, -0.1) is 0 Å². The number of rotatable bonds is 9. The highest BCUT2D eigenvalue weighted by molar-refractivity contribution is 6.25. The molecule has 47 heavy (non-hydrogen) atoms. The lowest BCUT2D eigenvalue weighted by atomic mass is 9.83. The molecular formula is C47H44. The van der Waals surface area contributed by atoms with Gasteiger partial charge in [0.25, 0.3) is 0 Å². The van der Waals surface area contributed by atoms with E-state index in [1.807, 2.05) is 0 Å². The van der Waals surface area contributed by atoms with Crippen molar-refractivity contribution in [2.24, 2.45) is 11.8 Å². The van der Waals surface area contributed by atoms with E-state index >= 15 is 0 Å². The zero-order valence-electron chi connectivity index (χ0n) is 27.8. The Morgan fingerprint density at radius 2 is 1.49 bits per heavy atom. The van der Waals surface area contributed by atoms with Crippen LogP contribution in [0.5, 0.6) is 0 Å². The summed E-state index contributed by atoms with van der Waals surface area (Å²) >= 11 is 0. The molecule has 232 valence electrons. The zero-order valence-corrected chi connectivity index (χ0v) is 27.8. The van der Waals surface area contributed by atoms with Crippen molar-refractivity contribution in [3.05, 3.63) is 180 Å². The van der Waals surface area contributed by atoms with Crippen LogP contribution in [0.3, 0.4) is 0 Å². The number of allylic oxidation sites excluding steroid dienone is 12. The summed E-state index contributed by atoms with van der Waals surface area (Å²) in [6, 6.07) is 31.6. The van der Waals surface area contributed by atoms with Gasteiger partial charge in [-0.2, -0.15) is 0 Å². The highest BCUT2D eigenvalue weighted by Gasteiger charge is 2.17. The quantitative estimate of drug-likeness (QED) is 0.115. The van der Waals surface area contributed by atoms with E-state index < -0.39 is 0 Å². The second-order valence-corrected chi connectivity index (χ2v) is 13.1. The van der Waals surface area contributed by atoms with Crippen molar-refractivity contribution in [1.29, 1.82) is 0 Å². The maximum absolute atomic E-state index is 4.53. The molecule has 2 aliphatic carbocycles. The molecular weight excluding hydrogens is 565 g/mol. The molecule has 5 aromatic carbocycles. The van der Waals surface area contributed by atoms with E-state index in [4.69, 9.17) is 0 Å². The third kappa shape index (κ3) is 6.01. The highest BCUT2D eigenvalue weighted by Crippen LogP contribution is 2.38. The van der Waals surface area contributed by atoms with Crippen molar-refractivity contribution in [2.75, 3.05) is 0 Å². The first-order chi connectivity index (χ1) is 23.1. The molecule has 0 N–H and O–H groups in total. The van der Waals surface area contributed by atoms with E-state index in [2.05, 4.69) is 161 Å². The molecule has 0 bridgehead atoms. The predicted molar refractivity (Wildman–Crippen MR) is 207 cm³/mol. The molecule has 0 amide bonds. The van der Waals surface area contributed by atoms with Crippen molar-refractivity contribution in [3.63, 3.8) is 0 Å². The van der Waals surface area contributed by atoms with Gasteiger partial charge in [-0.1, -0.05) is 148 Å². The Hall–Kier alpha value is -4.94. The lowest BCUT2D eigenvalue weighted by molar-refractivity contribution is 0.714. The van der Waals surface area contributed by atoms with Gasteiger partial charge in [0, 0.05) is 11.8 Å². The van der Waals surface area contributed by atoms with Crippen LogP contribution in [0.1, 0.15) is 55.4 Å². The fourth-order valence-electron chi connectivity index (χ4n) is 7.69. The lowest BCUT2D eigenvalue weighted by Crippen LogP contribution is -2.06. The van der Waals surface area contributed by atoms with Gasteiger partial charge in [0.05, 0.1) is 0 Å². The lowest BCUT2D eigenvalue weighted by Gasteiger charge is -2.21. The van der Waals surface area contributed by atoms with Gasteiger partial charge in [0.1, 0.15) is 0 Å². The molecule has 0 nitrogen and oxygen atoms in total. The fraction of sp³-hybridized carbons (Fsp3) is 0.191. The summed E-state index contributed by atoms with van der Waals surface area (Å²) in [5, 5.41) is 7.85. The standard InChI is InChI=1S/C47H44/c1-5-33(40-25-24-36-14-12-16-38(36)30-40)23-22-32(4)34(6-2)28-35(7-3)37-15-13-17-39(29-37)41-26-27-46-44-20-9-8-18-42(44)43-19-10-11-21-45(43)47(46)31-41/h5,7-11,13,17-31,34,37H,3-4,6,12,14-16H2,1-2H3/b23-22-,33-5+,35-28+. The Labute approximate surface area is 280 Å². The van der Waals surface area contributed by atoms with Crippen molar-refractivity contribution in [1.82, 2.24) is 0 Å². The fourth-order valence-corrected chi connectivity index (χ4v) is 7.69. The van der Waals surface area contributed by atoms with Crippen LogP contribution in [-0.4, -0.2) is 0 Å². The third-order valence-corrected chi connectivity index (χ3v) is 10.3. The smallest absolute Gasteiger partial charge is 0.00586 e. The minimum Gasteiger partial charge on any atom is -0.0988 e. The van der Waals surface area contributed by atoms with Crippen LogP contribution in [0.4, 0.5) is 0 Å². The molecule has 0 spiro atoms. The minimum absolute atomic E-state index is 0.250. The van der Waals surface area contributed by atoms with Crippen LogP contribution >= 0.6 is 0 Å². The highest BCUT2D eigenvalue weighted by atomic mass is 14.2. The molecule has 2 atom stereocenters. The monoisotopic (exact) mass is 608 g/mol. The average Bonchev–Trinajstić information content (AvgIpc) is 3.61. The topological polar surface area (TPSA) is 0 Å². The van der Waals surface area contributed by atoms with Gasteiger partial charge in [-0.25, -0.2) is 0 Å². The molecule has 0 saturated carbocycles. The summed E-state index contributed by atoms with van der Waals surface area (Å²) in [5.74, 6) is 0.528. The van der Waals surface area contributed by atoms with E-state index in [-0.39, 0.29) is 11.8 Å². The molecule has 2 aliphatic rings. The minimum atomic E-state index is 0.250. The van der Waals surface area contributed by atoms with Crippen molar-refractivity contribution in [3.8, 4) is 0 Å². The largest absolute Gasteiger partial charge is 0.0988 e. The molecule has 5 aromatic rings. The maximum Gasteiger partial charge on any atom is 0.00586 e. The van der Waals surface area contributed by atoms with Crippen LogP contribution in [0.2, 0.25) is 0 Å². The van der Waals surface area contributed by atoms with Crippen molar-refractivity contribution in [2.45, 2.75) is 46.0 Å². The summed E-state index contributed by atoms with van der Waals surface area (Å²) in [5.41, 5.74) is 10.5. The summed E-state index contributed by atoms with van der Waals surface area (Å²) in [6.07, 6.45) is 23.9. The van der Waals surface area contributed by atoms with E-state index in [0.29, 0.717) is 0 Å². The Kier molecular flexibility index (Phi) is 8.77. The SMILES string of the molecule is C=C/C(=C\C(CC)C(=C)/C=C\C(=C/C)c1ccc2c(c1)CCC2)C1C=C(c2ccc3c4ccccc4c4ccccc4c3c2)C=CC1. The van der Waals surface area contributed by atoms with Gasteiger partial charge in [-0.05, 0) is 122 Å². The molecule has 2 unspecified atom stereocenters. The Bertz CT molecular complexity index is 2140. The number of hydrogen-bond donors (Lipinski definition) is 0. The second kappa shape index (κ2) is 13.4. The van der Waals surface area contributed by atoms with Crippen LogP contribution in [-0.2, 0) is 12.8 Å². The third-order valence-electron chi connectivity index (χ3n) is 10.3. The molecule has 0 heterocycles. The Balaban J connectivity index is 1.16. The van der Waals surface area contributed by atoms with Crippen LogP contribution < -0.4 is 0 Å². The molecule has 7 rings (SSSR count). The summed E-state index contributed by atoms with van der Waals surface area (Å²) in [7, 11) is 0. The molecule has 0 radical (unpaired) electrons. The molecule has 0 aromatic heterocycles. The van der Waals surface area contributed by atoms with Gasteiger partial charge < -0.3 is 0 Å². The normalized spacial score (nSPS) is 17.4. The first kappa shape index (κ1) is 30.7. The zero-order chi connectivity index (χ0) is 32.3. The van der Waals surface area contributed by atoms with Gasteiger partial charge >= 0.3 is 0 Å². The van der Waals surface area contributed by atoms with Crippen LogP contribution in [0, 0.1) is 11.8 Å². The molecule has 0 saturated heterocycles. The van der Waals surface area contributed by atoms with E-state index in [1.165, 1.54) is 90.6 Å². The number of aryl methyl sites for hydroxylation is 2. The summed E-state index contributed by atoms with van der Waals surface area (Å²) < 4.78 is 0. The first-order valence-corrected chi connectivity index (χ1v) is 17.3. The Morgan fingerprint density at radius 1 is 0.809 bits per heavy atom. The summed E-state index contributed by atoms with van der Waals surface area (Å²) in [4.78, 5) is 0. The van der Waals surface area contributed by atoms with Gasteiger partial charge in [0.15, 0.2) is 0 Å². The van der Waals surface area contributed by atoms with Crippen LogP contribution in [0.25, 0.3) is 43.5 Å². The van der Waals surface area contributed by atoms with Crippen molar-refractivity contribution >= 4 is 43.5 Å². The summed E-state index contributed by atoms with van der Waals surface area (Å²) in [6.45, 7) is 13.2. The number of benzene rings is 5. The van der Waals surface area contributed by atoms with Crippen LogP contribution in [0.15, 0.2) is 158 Å². The number of hydrogen-bond acceptors (Lipinski definition) is 0. The van der Waals surface area contributed by atoms with E-state index in [1.54, 1.807) is 0 Å². The van der Waals surface area contributed by atoms with Gasteiger partial charge in [-0.3, -0.25) is 0 Å². The average molecular weight is 609 g/mol. The first-order valence-electron chi connectivity index (χ1n) is 17.3. The van der Waals surface area contributed by atoms with E-state index in [9.17, 15) is 0 Å². The molecule has 0 heteroatoms. The van der Waals surface area contributed by atoms with E-state index in [0.717, 1.165) is 18.4 Å². The Morgan fingerprint density at radius 3 is 2.17 bits per heavy atom. The maximum atomic E-state index is 4.53. The van der Waals surface area contributed by atoms with Gasteiger partial charge in [0.2, 0.25) is 0 Å². The predicted octanol–water partition coefficient (Wildman–Crippen LogP) is 12.9. The van der Waals surface area contributed by atoms with Crippen molar-refractivity contribution < 1.29 is 0 Å². The number of fused-ring (bicyclic) bond motifs is 7.